The summed E-state index contributed by atoms with van der Waals surface area (Å²) in [6.07, 6.45) is 5.36. The first-order chi connectivity index (χ1) is 13.8. The van der Waals surface area contributed by atoms with E-state index in [-0.39, 0.29) is 5.91 Å². The van der Waals surface area contributed by atoms with Gasteiger partial charge in [0.05, 0.1) is 13.2 Å². The van der Waals surface area contributed by atoms with Crippen molar-refractivity contribution in [2.75, 3.05) is 31.2 Å². The number of fused-ring (bicyclic) bond motifs is 1. The standard InChI is InChI=1S/C21H19N5O2/c27-21-18(12-15-13-23-20-17(15)5-2-6-22-20)24-19(25-21)14-3-1-4-16(11-14)26-7-9-28-10-8-26/h1-6,11-13H,7-10H2,(H,22,23)(H,24,25,27). The van der Waals surface area contributed by atoms with Gasteiger partial charge in [0.1, 0.15) is 17.2 Å². The van der Waals surface area contributed by atoms with Gasteiger partial charge in [-0.3, -0.25) is 4.79 Å². The molecule has 7 heteroatoms. The highest BCUT2D eigenvalue weighted by Gasteiger charge is 2.22. The summed E-state index contributed by atoms with van der Waals surface area (Å²) in [5, 5.41) is 3.84. The first kappa shape index (κ1) is 16.7. The number of benzene rings is 1. The second kappa shape index (κ2) is 6.94. The van der Waals surface area contributed by atoms with Crippen LogP contribution in [0.2, 0.25) is 0 Å². The van der Waals surface area contributed by atoms with Gasteiger partial charge < -0.3 is 19.9 Å². The summed E-state index contributed by atoms with van der Waals surface area (Å²) in [5.74, 6) is 0.370. The fourth-order valence-electron chi connectivity index (χ4n) is 3.52. The molecule has 0 atom stereocenters. The average Bonchev–Trinajstić information content (AvgIpc) is 3.33. The maximum absolute atomic E-state index is 12.5. The quantitative estimate of drug-likeness (QED) is 0.691. The van der Waals surface area contributed by atoms with Crippen LogP contribution in [-0.2, 0) is 9.53 Å². The molecule has 0 unspecified atom stereocenters. The van der Waals surface area contributed by atoms with Gasteiger partial charge in [-0.05, 0) is 30.3 Å². The van der Waals surface area contributed by atoms with Crippen molar-refractivity contribution in [2.24, 2.45) is 4.99 Å². The first-order valence-electron chi connectivity index (χ1n) is 9.25. The van der Waals surface area contributed by atoms with E-state index in [1.807, 2.05) is 30.5 Å². The van der Waals surface area contributed by atoms with Crippen LogP contribution in [0.3, 0.4) is 0 Å². The Hall–Kier alpha value is -3.45. The second-order valence-corrected chi connectivity index (χ2v) is 6.74. The minimum Gasteiger partial charge on any atom is -0.378 e. The van der Waals surface area contributed by atoms with E-state index in [4.69, 9.17) is 4.74 Å². The molecule has 28 heavy (non-hydrogen) atoms. The lowest BCUT2D eigenvalue weighted by Crippen LogP contribution is -2.36. The number of anilines is 1. The maximum atomic E-state index is 12.5. The van der Waals surface area contributed by atoms with E-state index < -0.39 is 0 Å². The number of pyridine rings is 1. The normalized spacial score (nSPS) is 18.6. The largest absolute Gasteiger partial charge is 0.378 e. The lowest BCUT2D eigenvalue weighted by Gasteiger charge is -2.29. The summed E-state index contributed by atoms with van der Waals surface area (Å²) in [7, 11) is 0. The first-order valence-corrected chi connectivity index (χ1v) is 9.25. The van der Waals surface area contributed by atoms with E-state index in [1.165, 1.54) is 0 Å². The van der Waals surface area contributed by atoms with E-state index in [9.17, 15) is 4.79 Å². The van der Waals surface area contributed by atoms with Gasteiger partial charge in [0.2, 0.25) is 0 Å². The number of morpholine rings is 1. The zero-order valence-electron chi connectivity index (χ0n) is 15.2. The molecule has 0 spiro atoms. The molecular weight excluding hydrogens is 354 g/mol. The summed E-state index contributed by atoms with van der Waals surface area (Å²) in [6.45, 7) is 3.19. The molecule has 4 heterocycles. The number of carbonyl (C=O) groups is 1. The van der Waals surface area contributed by atoms with Gasteiger partial charge >= 0.3 is 0 Å². The van der Waals surface area contributed by atoms with Gasteiger partial charge in [0.15, 0.2) is 0 Å². The molecule has 140 valence electrons. The Morgan fingerprint density at radius 1 is 1.14 bits per heavy atom. The molecule has 0 radical (unpaired) electrons. The van der Waals surface area contributed by atoms with Crippen LogP contribution >= 0.6 is 0 Å². The van der Waals surface area contributed by atoms with Crippen molar-refractivity contribution >= 4 is 34.5 Å². The number of amides is 1. The summed E-state index contributed by atoms with van der Waals surface area (Å²) in [6, 6.07) is 11.9. The molecule has 2 aromatic heterocycles. The van der Waals surface area contributed by atoms with Crippen LogP contribution < -0.4 is 10.2 Å². The maximum Gasteiger partial charge on any atom is 0.275 e. The van der Waals surface area contributed by atoms with Gasteiger partial charge in [0, 0.05) is 47.7 Å². The summed E-state index contributed by atoms with van der Waals surface area (Å²) in [4.78, 5) is 26.7. The summed E-state index contributed by atoms with van der Waals surface area (Å²) >= 11 is 0. The minimum atomic E-state index is -0.204. The van der Waals surface area contributed by atoms with Crippen LogP contribution in [0.5, 0.6) is 0 Å². The van der Waals surface area contributed by atoms with Crippen molar-refractivity contribution in [1.29, 1.82) is 0 Å². The van der Waals surface area contributed by atoms with Crippen LogP contribution in [0.1, 0.15) is 11.1 Å². The molecule has 0 saturated carbocycles. The minimum absolute atomic E-state index is 0.204. The SMILES string of the molecule is O=C1NC(c2cccc(N3CCOCC3)c2)=NC1=Cc1c[nH]c2ncccc12. The molecule has 2 aliphatic heterocycles. The Morgan fingerprint density at radius 2 is 2.04 bits per heavy atom. The van der Waals surface area contributed by atoms with Gasteiger partial charge in [-0.2, -0.15) is 0 Å². The van der Waals surface area contributed by atoms with Gasteiger partial charge in [-0.15, -0.1) is 0 Å². The van der Waals surface area contributed by atoms with E-state index >= 15 is 0 Å². The van der Waals surface area contributed by atoms with Crippen LogP contribution in [0.15, 0.2) is 59.5 Å². The van der Waals surface area contributed by atoms with E-state index in [0.717, 1.165) is 54.2 Å². The smallest absolute Gasteiger partial charge is 0.275 e. The van der Waals surface area contributed by atoms with Crippen LogP contribution in [-0.4, -0.2) is 48.0 Å². The number of rotatable bonds is 3. The fraction of sp³-hybridized carbons (Fsp3) is 0.190. The Labute approximate surface area is 161 Å². The third kappa shape index (κ3) is 3.05. The van der Waals surface area contributed by atoms with Crippen molar-refractivity contribution in [3.63, 3.8) is 0 Å². The number of aromatic nitrogens is 2. The molecule has 0 aliphatic carbocycles. The molecule has 2 aliphatic rings. The molecule has 3 aromatic rings. The predicted molar refractivity (Wildman–Crippen MR) is 108 cm³/mol. The van der Waals surface area contributed by atoms with Crippen LogP contribution in [0.25, 0.3) is 17.1 Å². The zero-order chi connectivity index (χ0) is 18.9. The second-order valence-electron chi connectivity index (χ2n) is 6.74. The highest BCUT2D eigenvalue weighted by Crippen LogP contribution is 2.23. The number of carbonyl (C=O) groups excluding carboxylic acids is 1. The number of nitrogens with one attached hydrogen (secondary N) is 2. The van der Waals surface area contributed by atoms with Crippen molar-refractivity contribution in [2.45, 2.75) is 0 Å². The van der Waals surface area contributed by atoms with Gasteiger partial charge in [-0.1, -0.05) is 12.1 Å². The van der Waals surface area contributed by atoms with E-state index in [0.29, 0.717) is 11.5 Å². The van der Waals surface area contributed by atoms with Crippen LogP contribution in [0.4, 0.5) is 5.69 Å². The van der Waals surface area contributed by atoms with Crippen molar-refractivity contribution in [3.05, 3.63) is 65.6 Å². The Bertz CT molecular complexity index is 1110. The Kier molecular flexibility index (Phi) is 4.14. The lowest BCUT2D eigenvalue weighted by atomic mass is 10.1. The van der Waals surface area contributed by atoms with E-state index in [1.54, 1.807) is 12.3 Å². The number of aromatic amines is 1. The molecule has 7 nitrogen and oxygen atoms in total. The van der Waals surface area contributed by atoms with Gasteiger partial charge in [-0.25, -0.2) is 9.98 Å². The number of amidine groups is 1. The predicted octanol–water partition coefficient (Wildman–Crippen LogP) is 2.32. The van der Waals surface area contributed by atoms with Crippen molar-refractivity contribution < 1.29 is 9.53 Å². The molecule has 5 rings (SSSR count). The average molecular weight is 373 g/mol. The number of hydrogen-bond donors (Lipinski definition) is 2. The molecule has 1 saturated heterocycles. The highest BCUT2D eigenvalue weighted by molar-refractivity contribution is 6.20. The number of H-pyrrole nitrogens is 1. The van der Waals surface area contributed by atoms with E-state index in [2.05, 4.69) is 37.3 Å². The fourth-order valence-corrected chi connectivity index (χ4v) is 3.52. The number of aliphatic imine (C=N–C) groups is 1. The molecule has 2 N–H and O–H groups in total. The number of ether oxygens (including phenoxy) is 1. The Morgan fingerprint density at radius 3 is 2.93 bits per heavy atom. The highest BCUT2D eigenvalue weighted by atomic mass is 16.5. The van der Waals surface area contributed by atoms with Gasteiger partial charge in [0.25, 0.3) is 5.91 Å². The topological polar surface area (TPSA) is 82.6 Å². The third-order valence-corrected chi connectivity index (χ3v) is 4.97. The lowest BCUT2D eigenvalue weighted by molar-refractivity contribution is -0.115. The molecule has 1 aromatic carbocycles. The molecule has 1 amide bonds. The zero-order valence-corrected chi connectivity index (χ0v) is 15.2. The summed E-state index contributed by atoms with van der Waals surface area (Å²) in [5.41, 5.74) is 4.06. The number of hydrogen-bond acceptors (Lipinski definition) is 5. The molecular formula is C21H19N5O2. The third-order valence-electron chi connectivity index (χ3n) is 4.97. The molecule has 0 bridgehead atoms. The monoisotopic (exact) mass is 373 g/mol. The molecule has 1 fully saturated rings. The summed E-state index contributed by atoms with van der Waals surface area (Å²) < 4.78 is 5.42. The van der Waals surface area contributed by atoms with Crippen molar-refractivity contribution in [3.8, 4) is 0 Å². The van der Waals surface area contributed by atoms with Crippen molar-refractivity contribution in [1.82, 2.24) is 15.3 Å². The van der Waals surface area contributed by atoms with Crippen LogP contribution in [0, 0.1) is 0 Å². The Balaban J connectivity index is 1.46. The number of nitrogens with zero attached hydrogens (tertiary/aromatic N) is 3.